The fourth-order valence-electron chi connectivity index (χ4n) is 5.56. The van der Waals surface area contributed by atoms with Crippen LogP contribution in [0.3, 0.4) is 0 Å². The van der Waals surface area contributed by atoms with Crippen molar-refractivity contribution >= 4 is 11.5 Å². The molecule has 2 heterocycles. The van der Waals surface area contributed by atoms with Crippen molar-refractivity contribution in [2.75, 3.05) is 0 Å². The number of para-hydroxylation sites is 1. The number of hydrogen-bond acceptors (Lipinski definition) is 2. The highest BCUT2D eigenvalue weighted by atomic mass is 15.4. The van der Waals surface area contributed by atoms with Gasteiger partial charge in [0.25, 0.3) is 0 Å². The first kappa shape index (κ1) is 18.2. The van der Waals surface area contributed by atoms with Crippen LogP contribution in [0.4, 0.5) is 5.69 Å². The molecule has 2 aliphatic rings. The van der Waals surface area contributed by atoms with Crippen LogP contribution in [-0.4, -0.2) is 16.8 Å². The molecular weight excluding hydrogens is 352 g/mol. The van der Waals surface area contributed by atoms with Crippen molar-refractivity contribution < 1.29 is 0 Å². The Morgan fingerprint density at radius 3 is 1.83 bits per heavy atom. The molecular formula is C27H28N2. The summed E-state index contributed by atoms with van der Waals surface area (Å²) in [5.41, 5.74) is 4.91. The SMILES string of the molecule is C[C@@H]1c2ccccc2N=C2N1[C@H](C(C)(C)C)C2(c1ccccc1)c1ccccc1. The van der Waals surface area contributed by atoms with E-state index in [0.29, 0.717) is 12.1 Å². The van der Waals surface area contributed by atoms with Gasteiger partial charge in [-0.3, -0.25) is 0 Å². The van der Waals surface area contributed by atoms with Crippen molar-refractivity contribution in [3.8, 4) is 0 Å². The number of fused-ring (bicyclic) bond motifs is 2. The van der Waals surface area contributed by atoms with E-state index in [2.05, 4.69) is 118 Å². The van der Waals surface area contributed by atoms with Gasteiger partial charge in [0.15, 0.2) is 0 Å². The van der Waals surface area contributed by atoms with Gasteiger partial charge in [-0.1, -0.05) is 99.6 Å². The molecule has 146 valence electrons. The number of hydrogen-bond donors (Lipinski definition) is 0. The molecule has 1 saturated heterocycles. The van der Waals surface area contributed by atoms with Gasteiger partial charge in [0.05, 0.1) is 23.2 Å². The predicted octanol–water partition coefficient (Wildman–Crippen LogP) is 6.51. The van der Waals surface area contributed by atoms with E-state index in [1.54, 1.807) is 0 Å². The Kier molecular flexibility index (Phi) is 3.96. The van der Waals surface area contributed by atoms with Crippen molar-refractivity contribution in [3.63, 3.8) is 0 Å². The van der Waals surface area contributed by atoms with Crippen LogP contribution >= 0.6 is 0 Å². The van der Waals surface area contributed by atoms with E-state index in [9.17, 15) is 0 Å². The summed E-state index contributed by atoms with van der Waals surface area (Å²) in [6.07, 6.45) is 0. The summed E-state index contributed by atoms with van der Waals surface area (Å²) in [5.74, 6) is 1.18. The van der Waals surface area contributed by atoms with E-state index < -0.39 is 0 Å². The average Bonchev–Trinajstić information content (AvgIpc) is 2.71. The highest BCUT2D eigenvalue weighted by molar-refractivity contribution is 6.06. The number of aliphatic imine (C=N–C) groups is 1. The Morgan fingerprint density at radius 2 is 1.28 bits per heavy atom. The minimum absolute atomic E-state index is 0.0746. The highest BCUT2D eigenvalue weighted by Gasteiger charge is 2.65. The molecule has 2 aliphatic heterocycles. The lowest BCUT2D eigenvalue weighted by Gasteiger charge is -2.67. The minimum Gasteiger partial charge on any atom is -0.347 e. The van der Waals surface area contributed by atoms with Gasteiger partial charge in [0.2, 0.25) is 0 Å². The molecule has 0 aromatic heterocycles. The van der Waals surface area contributed by atoms with Gasteiger partial charge in [-0.25, -0.2) is 4.99 Å². The lowest BCUT2D eigenvalue weighted by molar-refractivity contribution is 0.0347. The second-order valence-corrected chi connectivity index (χ2v) is 9.39. The molecule has 0 N–H and O–H groups in total. The van der Waals surface area contributed by atoms with E-state index in [0.717, 1.165) is 5.69 Å². The minimum atomic E-state index is -0.247. The molecule has 1 fully saturated rings. The van der Waals surface area contributed by atoms with E-state index in [-0.39, 0.29) is 10.8 Å². The van der Waals surface area contributed by atoms with Gasteiger partial charge in [0.1, 0.15) is 5.84 Å². The Hall–Kier alpha value is -2.87. The van der Waals surface area contributed by atoms with Crippen molar-refractivity contribution in [2.24, 2.45) is 10.4 Å². The van der Waals surface area contributed by atoms with Gasteiger partial charge in [0, 0.05) is 5.56 Å². The van der Waals surface area contributed by atoms with Gasteiger partial charge >= 0.3 is 0 Å². The molecule has 29 heavy (non-hydrogen) atoms. The summed E-state index contributed by atoms with van der Waals surface area (Å²) in [6, 6.07) is 31.1. The van der Waals surface area contributed by atoms with E-state index in [1.807, 2.05) is 0 Å². The average molecular weight is 381 g/mol. The zero-order chi connectivity index (χ0) is 20.2. The maximum Gasteiger partial charge on any atom is 0.123 e. The topological polar surface area (TPSA) is 15.6 Å². The Morgan fingerprint density at radius 1 is 0.759 bits per heavy atom. The van der Waals surface area contributed by atoms with Crippen LogP contribution in [0.5, 0.6) is 0 Å². The fourth-order valence-corrected chi connectivity index (χ4v) is 5.56. The number of amidine groups is 1. The first-order valence-electron chi connectivity index (χ1n) is 10.5. The Labute approximate surface area is 173 Å². The lowest BCUT2D eigenvalue weighted by atomic mass is 9.54. The number of nitrogens with zero attached hydrogens (tertiary/aromatic N) is 2. The van der Waals surface area contributed by atoms with Crippen LogP contribution in [0.2, 0.25) is 0 Å². The third-order valence-electron chi connectivity index (χ3n) is 6.59. The second-order valence-electron chi connectivity index (χ2n) is 9.39. The van der Waals surface area contributed by atoms with Crippen molar-refractivity contribution in [2.45, 2.75) is 45.2 Å². The van der Waals surface area contributed by atoms with Crippen LogP contribution in [-0.2, 0) is 5.41 Å². The third kappa shape index (κ3) is 2.45. The van der Waals surface area contributed by atoms with E-state index in [4.69, 9.17) is 4.99 Å². The van der Waals surface area contributed by atoms with Gasteiger partial charge < -0.3 is 4.90 Å². The van der Waals surface area contributed by atoms with Crippen LogP contribution < -0.4 is 0 Å². The zero-order valence-electron chi connectivity index (χ0n) is 17.6. The Bertz CT molecular complexity index is 1020. The molecule has 2 nitrogen and oxygen atoms in total. The molecule has 0 spiro atoms. The summed E-state index contributed by atoms with van der Waals surface area (Å²) in [7, 11) is 0. The van der Waals surface area contributed by atoms with Crippen LogP contribution in [0.25, 0.3) is 0 Å². The molecule has 0 unspecified atom stereocenters. The second kappa shape index (κ2) is 6.32. The maximum absolute atomic E-state index is 5.28. The highest BCUT2D eigenvalue weighted by Crippen LogP contribution is 2.59. The van der Waals surface area contributed by atoms with Gasteiger partial charge in [-0.15, -0.1) is 0 Å². The summed E-state index contributed by atoms with van der Waals surface area (Å²) < 4.78 is 0. The van der Waals surface area contributed by atoms with Crippen LogP contribution in [0.15, 0.2) is 89.9 Å². The normalized spacial score (nSPS) is 22.2. The molecule has 0 saturated carbocycles. The summed E-state index contributed by atoms with van der Waals surface area (Å²) in [4.78, 5) is 7.85. The van der Waals surface area contributed by atoms with Gasteiger partial charge in [-0.05, 0) is 29.5 Å². The molecule has 0 amide bonds. The van der Waals surface area contributed by atoms with Crippen molar-refractivity contribution in [1.82, 2.24) is 4.90 Å². The smallest absolute Gasteiger partial charge is 0.123 e. The summed E-state index contributed by atoms with van der Waals surface area (Å²) in [5, 5.41) is 0. The predicted molar refractivity (Wildman–Crippen MR) is 121 cm³/mol. The summed E-state index contributed by atoms with van der Waals surface area (Å²) in [6.45, 7) is 9.42. The molecule has 0 bridgehead atoms. The standard InChI is InChI=1S/C27H28N2/c1-19-22-17-11-12-18-23(22)28-25-27(20-13-7-5-8-14-20,21-15-9-6-10-16-21)24(29(19)25)26(2,3)4/h5-19,24H,1-4H3/t19-,24-/m1/s1. The molecule has 3 aromatic carbocycles. The van der Waals surface area contributed by atoms with E-state index in [1.165, 1.54) is 22.5 Å². The first-order valence-corrected chi connectivity index (χ1v) is 10.5. The first-order chi connectivity index (χ1) is 14.0. The third-order valence-corrected chi connectivity index (χ3v) is 6.59. The zero-order valence-corrected chi connectivity index (χ0v) is 17.6. The molecule has 5 rings (SSSR count). The monoisotopic (exact) mass is 380 g/mol. The van der Waals surface area contributed by atoms with Crippen molar-refractivity contribution in [1.29, 1.82) is 0 Å². The molecule has 2 heteroatoms. The molecule has 2 atom stereocenters. The quantitative estimate of drug-likeness (QED) is 0.495. The van der Waals surface area contributed by atoms with Crippen LogP contribution in [0.1, 0.15) is 50.4 Å². The number of rotatable bonds is 2. The maximum atomic E-state index is 5.28. The fraction of sp³-hybridized carbons (Fsp3) is 0.296. The summed E-state index contributed by atoms with van der Waals surface area (Å²) >= 11 is 0. The lowest BCUT2D eigenvalue weighted by Crippen LogP contribution is -2.76. The molecule has 3 aromatic rings. The Balaban J connectivity index is 1.85. The molecule has 0 aliphatic carbocycles. The van der Waals surface area contributed by atoms with Gasteiger partial charge in [-0.2, -0.15) is 0 Å². The molecule has 0 radical (unpaired) electrons. The van der Waals surface area contributed by atoms with E-state index >= 15 is 0 Å². The van der Waals surface area contributed by atoms with Crippen molar-refractivity contribution in [3.05, 3.63) is 102 Å². The largest absolute Gasteiger partial charge is 0.347 e. The number of benzene rings is 3. The van der Waals surface area contributed by atoms with Crippen LogP contribution in [0, 0.1) is 5.41 Å².